The second kappa shape index (κ2) is 18.4. The molecule has 15 nitrogen and oxygen atoms in total. The fourth-order valence-electron chi connectivity index (χ4n) is 5.68. The van der Waals surface area contributed by atoms with E-state index in [1.807, 2.05) is 26.0 Å². The lowest BCUT2D eigenvalue weighted by Crippen LogP contribution is -2.51. The number of nitrogens with zero attached hydrogens (tertiary/aromatic N) is 5. The van der Waals surface area contributed by atoms with E-state index >= 15 is 0 Å². The standard InChI is InChI=1S/C34H47ClN8O7/c1-6-21(2)32-34(47)37-22(3)33-38-28(18-23-10-12-25(48-4)26(17-23)49-5)40-43(33)20-30(45)36-14-8-16-42(15-7-9-29(44)39-32)31(46)13-11-24-19-27(35)41-50-24/h10,12,17,19,21-22,32H,6-9,11,13-16,18,20H2,1-5H3,(H,36,45)(H,37,47)(H,39,44)/t21-,22+,32-/m0/s1. The van der Waals surface area contributed by atoms with Crippen LogP contribution in [-0.4, -0.2) is 88.3 Å². The number of ether oxygens (including phenoxy) is 2. The number of halogens is 1. The van der Waals surface area contributed by atoms with Gasteiger partial charge in [0.2, 0.25) is 23.6 Å². The van der Waals surface area contributed by atoms with E-state index in [4.69, 9.17) is 30.6 Å². The maximum atomic E-state index is 13.6. The van der Waals surface area contributed by atoms with Crippen LogP contribution in [-0.2, 0) is 38.6 Å². The van der Waals surface area contributed by atoms with Crippen molar-refractivity contribution in [3.8, 4) is 11.5 Å². The molecular weight excluding hydrogens is 668 g/mol. The molecule has 2 aromatic heterocycles. The molecule has 0 saturated carbocycles. The van der Waals surface area contributed by atoms with Gasteiger partial charge in [0.1, 0.15) is 24.2 Å². The molecule has 3 atom stereocenters. The smallest absolute Gasteiger partial charge is 0.243 e. The van der Waals surface area contributed by atoms with Crippen LogP contribution in [0, 0.1) is 5.92 Å². The molecule has 0 aliphatic carbocycles. The molecule has 3 aromatic rings. The van der Waals surface area contributed by atoms with Crippen LogP contribution in [0.25, 0.3) is 0 Å². The number of benzene rings is 1. The molecule has 16 heteroatoms. The van der Waals surface area contributed by atoms with Crippen LogP contribution in [0.4, 0.5) is 0 Å². The van der Waals surface area contributed by atoms with Crippen LogP contribution in [0.15, 0.2) is 28.8 Å². The molecule has 3 heterocycles. The first-order chi connectivity index (χ1) is 24.0. The van der Waals surface area contributed by atoms with E-state index < -0.39 is 12.1 Å². The predicted molar refractivity (Wildman–Crippen MR) is 184 cm³/mol. The average Bonchev–Trinajstić information content (AvgIpc) is 3.70. The van der Waals surface area contributed by atoms with Gasteiger partial charge in [-0.3, -0.25) is 19.2 Å². The molecule has 0 unspecified atom stereocenters. The van der Waals surface area contributed by atoms with E-state index in [1.54, 1.807) is 38.2 Å². The molecule has 3 N–H and O–H groups in total. The van der Waals surface area contributed by atoms with Gasteiger partial charge in [-0.15, -0.1) is 0 Å². The molecule has 0 bridgehead atoms. The van der Waals surface area contributed by atoms with Crippen molar-refractivity contribution in [2.24, 2.45) is 5.92 Å². The summed E-state index contributed by atoms with van der Waals surface area (Å²) in [6, 6.07) is 5.65. The van der Waals surface area contributed by atoms with Crippen LogP contribution in [0.5, 0.6) is 11.5 Å². The lowest BCUT2D eigenvalue weighted by atomic mass is 9.97. The topological polar surface area (TPSA) is 183 Å². The number of carbonyl (C=O) groups excluding carboxylic acids is 4. The SMILES string of the molecule is CC[C@H](C)[C@@H]1NC(=O)CCCN(C(=O)CCc2cc(Cl)no2)CCCNC(=O)Cn2nc(Cc3ccc(OC)c(OC)c3)nc2[C@@H](C)NC1=O. The normalized spacial score (nSPS) is 18.9. The summed E-state index contributed by atoms with van der Waals surface area (Å²) in [5.74, 6) is 1.25. The number of aromatic nitrogens is 4. The summed E-state index contributed by atoms with van der Waals surface area (Å²) in [5, 5.41) is 17.3. The number of rotatable bonds is 9. The number of methoxy groups -OCH3 is 2. The highest BCUT2D eigenvalue weighted by Gasteiger charge is 2.29. The summed E-state index contributed by atoms with van der Waals surface area (Å²) in [7, 11) is 3.12. The quantitative estimate of drug-likeness (QED) is 0.298. The Morgan fingerprint density at radius 2 is 1.84 bits per heavy atom. The highest BCUT2D eigenvalue weighted by atomic mass is 35.5. The number of hydrogen-bond donors (Lipinski definition) is 3. The van der Waals surface area contributed by atoms with Crippen LogP contribution in [0.2, 0.25) is 5.15 Å². The van der Waals surface area contributed by atoms with E-state index in [0.717, 1.165) is 5.56 Å². The maximum Gasteiger partial charge on any atom is 0.243 e. The summed E-state index contributed by atoms with van der Waals surface area (Å²) in [6.07, 6.45) is 2.49. The molecular formula is C34H47ClN8O7. The minimum absolute atomic E-state index is 0.126. The van der Waals surface area contributed by atoms with Crippen molar-refractivity contribution in [1.29, 1.82) is 0 Å². The van der Waals surface area contributed by atoms with E-state index in [0.29, 0.717) is 80.6 Å². The number of fused-ring (bicyclic) bond motifs is 1. The van der Waals surface area contributed by atoms with Crippen LogP contribution < -0.4 is 25.4 Å². The Bertz CT molecular complexity index is 1630. The van der Waals surface area contributed by atoms with Crippen LogP contribution >= 0.6 is 11.6 Å². The van der Waals surface area contributed by atoms with Gasteiger partial charge in [0.15, 0.2) is 22.5 Å². The third kappa shape index (κ3) is 10.7. The largest absolute Gasteiger partial charge is 0.493 e. The highest BCUT2D eigenvalue weighted by molar-refractivity contribution is 6.29. The summed E-state index contributed by atoms with van der Waals surface area (Å²) in [4.78, 5) is 59.5. The van der Waals surface area contributed by atoms with Gasteiger partial charge in [0, 0.05) is 51.4 Å². The third-order valence-electron chi connectivity index (χ3n) is 8.63. The third-order valence-corrected chi connectivity index (χ3v) is 8.81. The second-order valence-corrected chi connectivity index (χ2v) is 12.8. The van der Waals surface area contributed by atoms with Crippen molar-refractivity contribution in [2.45, 2.75) is 84.3 Å². The molecule has 1 aliphatic heterocycles. The maximum absolute atomic E-state index is 13.6. The van der Waals surface area contributed by atoms with E-state index in [-0.39, 0.29) is 54.1 Å². The van der Waals surface area contributed by atoms with Gasteiger partial charge in [0.05, 0.1) is 20.3 Å². The minimum atomic E-state index is -0.800. The molecule has 0 radical (unpaired) electrons. The molecule has 4 amide bonds. The predicted octanol–water partition coefficient (Wildman–Crippen LogP) is 3.00. The molecule has 4 rings (SSSR count). The number of aryl methyl sites for hydroxylation is 1. The molecule has 50 heavy (non-hydrogen) atoms. The first-order valence-electron chi connectivity index (χ1n) is 16.9. The average molecular weight is 715 g/mol. The highest BCUT2D eigenvalue weighted by Crippen LogP contribution is 2.28. The lowest BCUT2D eigenvalue weighted by Gasteiger charge is -2.26. The van der Waals surface area contributed by atoms with Gasteiger partial charge in [-0.1, -0.05) is 43.1 Å². The minimum Gasteiger partial charge on any atom is -0.493 e. The Morgan fingerprint density at radius 3 is 2.54 bits per heavy atom. The van der Waals surface area contributed by atoms with Gasteiger partial charge >= 0.3 is 0 Å². The number of hydrogen-bond acceptors (Lipinski definition) is 10. The Hall–Kier alpha value is -4.66. The van der Waals surface area contributed by atoms with Crippen molar-refractivity contribution in [3.63, 3.8) is 0 Å². The van der Waals surface area contributed by atoms with Crippen molar-refractivity contribution in [1.82, 2.24) is 40.8 Å². The van der Waals surface area contributed by atoms with Gasteiger partial charge < -0.3 is 34.8 Å². The molecule has 1 aromatic carbocycles. The van der Waals surface area contributed by atoms with Crippen molar-refractivity contribution < 1.29 is 33.2 Å². The second-order valence-electron chi connectivity index (χ2n) is 12.4. The zero-order valence-electron chi connectivity index (χ0n) is 29.3. The van der Waals surface area contributed by atoms with E-state index in [2.05, 4.69) is 26.2 Å². The van der Waals surface area contributed by atoms with Gasteiger partial charge in [-0.05, 0) is 43.4 Å². The summed E-state index contributed by atoms with van der Waals surface area (Å²) >= 11 is 5.84. The van der Waals surface area contributed by atoms with Crippen molar-refractivity contribution in [3.05, 3.63) is 52.4 Å². The zero-order valence-corrected chi connectivity index (χ0v) is 30.0. The number of amides is 4. The lowest BCUT2D eigenvalue weighted by molar-refractivity contribution is -0.132. The fraction of sp³-hybridized carbons (Fsp3) is 0.559. The Balaban J connectivity index is 1.55. The van der Waals surface area contributed by atoms with Crippen LogP contribution in [0.1, 0.15) is 81.9 Å². The molecule has 1 aliphatic rings. The van der Waals surface area contributed by atoms with Gasteiger partial charge in [-0.25, -0.2) is 9.67 Å². The van der Waals surface area contributed by atoms with Crippen molar-refractivity contribution in [2.75, 3.05) is 33.9 Å². The first-order valence-corrected chi connectivity index (χ1v) is 17.3. The Morgan fingerprint density at radius 1 is 1.08 bits per heavy atom. The molecule has 0 fully saturated rings. The number of carbonyl (C=O) groups is 4. The molecule has 0 saturated heterocycles. The summed E-state index contributed by atoms with van der Waals surface area (Å²) in [5.41, 5.74) is 0.862. The first kappa shape index (κ1) is 38.1. The summed E-state index contributed by atoms with van der Waals surface area (Å²) in [6.45, 7) is 6.50. The Kier molecular flexibility index (Phi) is 14.0. The van der Waals surface area contributed by atoms with Gasteiger partial charge in [0.25, 0.3) is 0 Å². The monoisotopic (exact) mass is 714 g/mol. The fourth-order valence-corrected chi connectivity index (χ4v) is 5.83. The molecule has 272 valence electrons. The summed E-state index contributed by atoms with van der Waals surface area (Å²) < 4.78 is 17.4. The number of nitrogens with one attached hydrogen (secondary N) is 3. The van der Waals surface area contributed by atoms with E-state index in [1.165, 1.54) is 4.68 Å². The zero-order chi connectivity index (χ0) is 36.2. The van der Waals surface area contributed by atoms with Gasteiger partial charge in [-0.2, -0.15) is 5.10 Å². The van der Waals surface area contributed by atoms with Crippen molar-refractivity contribution >= 4 is 35.2 Å². The molecule has 0 spiro atoms. The van der Waals surface area contributed by atoms with Crippen LogP contribution in [0.3, 0.4) is 0 Å². The van der Waals surface area contributed by atoms with E-state index in [9.17, 15) is 19.2 Å². The Labute approximate surface area is 296 Å².